The molecule has 38 heavy (non-hydrogen) atoms. The Morgan fingerprint density at radius 3 is 2.53 bits per heavy atom. The van der Waals surface area contributed by atoms with Gasteiger partial charge in [0.25, 0.3) is 0 Å². The van der Waals surface area contributed by atoms with E-state index in [1.54, 1.807) is 24.0 Å². The number of carboxylic acid groups (broad SMARTS) is 1. The molecule has 4 atom stereocenters. The molecule has 0 unspecified atom stereocenters. The number of hydrogen-bond acceptors (Lipinski definition) is 7. The van der Waals surface area contributed by atoms with Crippen LogP contribution in [0.1, 0.15) is 55.3 Å². The smallest absolute Gasteiger partial charge is 0.303 e. The molecule has 1 aliphatic heterocycles. The highest BCUT2D eigenvalue weighted by Gasteiger charge is 2.38. The molecule has 8 nitrogen and oxygen atoms in total. The van der Waals surface area contributed by atoms with Crippen LogP contribution in [0, 0.1) is 5.92 Å². The number of rotatable bonds is 11. The van der Waals surface area contributed by atoms with Gasteiger partial charge >= 0.3 is 5.97 Å². The molecule has 0 saturated carbocycles. The van der Waals surface area contributed by atoms with Crippen LogP contribution in [0.15, 0.2) is 78.0 Å². The lowest BCUT2D eigenvalue weighted by Gasteiger charge is -2.41. The Balaban J connectivity index is 1.52. The third-order valence-electron chi connectivity index (χ3n) is 6.39. The number of ether oxygens (including phenoxy) is 2. The Kier molecular flexibility index (Phi) is 9.89. The van der Waals surface area contributed by atoms with Gasteiger partial charge in [0, 0.05) is 42.0 Å². The quantitative estimate of drug-likeness (QED) is 0.281. The number of aliphatic hydroxyl groups excluding tert-OH is 1. The number of anilines is 1. The molecule has 1 fully saturated rings. The van der Waals surface area contributed by atoms with E-state index in [1.165, 1.54) is 0 Å². The number of benzene rings is 2. The number of hydrogen-bond donors (Lipinski definition) is 3. The molecule has 2 aromatic carbocycles. The second-order valence-corrected chi connectivity index (χ2v) is 10.3. The largest absolute Gasteiger partial charge is 0.481 e. The van der Waals surface area contributed by atoms with E-state index in [0.29, 0.717) is 11.4 Å². The maximum absolute atomic E-state index is 12.3. The molecule has 3 N–H and O–H groups in total. The first-order valence-corrected chi connectivity index (χ1v) is 13.6. The summed E-state index contributed by atoms with van der Waals surface area (Å²) in [7, 11) is 0. The molecule has 1 aromatic heterocycles. The van der Waals surface area contributed by atoms with E-state index in [1.807, 2.05) is 60.7 Å². The van der Waals surface area contributed by atoms with Gasteiger partial charge in [-0.3, -0.25) is 9.59 Å². The van der Waals surface area contributed by atoms with Crippen molar-refractivity contribution in [2.24, 2.45) is 5.92 Å². The van der Waals surface area contributed by atoms with Gasteiger partial charge in [-0.25, -0.2) is 4.98 Å². The van der Waals surface area contributed by atoms with E-state index in [9.17, 15) is 14.7 Å². The summed E-state index contributed by atoms with van der Waals surface area (Å²) in [6.45, 7) is 2.09. The first kappa shape index (κ1) is 27.8. The minimum Gasteiger partial charge on any atom is -0.481 e. The van der Waals surface area contributed by atoms with Gasteiger partial charge in [-0.2, -0.15) is 0 Å². The van der Waals surface area contributed by atoms with Gasteiger partial charge in [0.15, 0.2) is 6.29 Å². The van der Waals surface area contributed by atoms with Crippen LogP contribution >= 0.6 is 11.8 Å². The molecule has 0 radical (unpaired) electrons. The first-order chi connectivity index (χ1) is 18.4. The van der Waals surface area contributed by atoms with Crippen molar-refractivity contribution < 1.29 is 29.3 Å². The Morgan fingerprint density at radius 1 is 1.00 bits per heavy atom. The summed E-state index contributed by atoms with van der Waals surface area (Å²) in [6, 6.07) is 20.9. The minimum absolute atomic E-state index is 0.0226. The zero-order valence-corrected chi connectivity index (χ0v) is 22.0. The van der Waals surface area contributed by atoms with Gasteiger partial charge in [-0.1, -0.05) is 49.4 Å². The molecular weight excluding hydrogens is 504 g/mol. The van der Waals surface area contributed by atoms with Crippen molar-refractivity contribution in [2.45, 2.75) is 56.3 Å². The van der Waals surface area contributed by atoms with Crippen molar-refractivity contribution >= 4 is 29.3 Å². The van der Waals surface area contributed by atoms with Gasteiger partial charge in [0.05, 0.1) is 23.8 Å². The molecule has 4 rings (SSSR count). The maximum atomic E-state index is 12.3. The predicted molar refractivity (Wildman–Crippen MR) is 144 cm³/mol. The Hall–Kier alpha value is -3.24. The van der Waals surface area contributed by atoms with Crippen molar-refractivity contribution in [1.29, 1.82) is 0 Å². The zero-order valence-electron chi connectivity index (χ0n) is 21.2. The highest BCUT2D eigenvalue weighted by molar-refractivity contribution is 7.99. The van der Waals surface area contributed by atoms with E-state index >= 15 is 0 Å². The van der Waals surface area contributed by atoms with Crippen LogP contribution in [0.4, 0.5) is 5.69 Å². The maximum Gasteiger partial charge on any atom is 0.303 e. The van der Waals surface area contributed by atoms with Crippen LogP contribution in [0.3, 0.4) is 0 Å². The summed E-state index contributed by atoms with van der Waals surface area (Å²) in [6.07, 6.45) is 1.08. The number of carbonyl (C=O) groups is 2. The first-order valence-electron chi connectivity index (χ1n) is 12.6. The summed E-state index contributed by atoms with van der Waals surface area (Å²) in [5.41, 5.74) is 3.19. The molecule has 9 heteroatoms. The highest BCUT2D eigenvalue weighted by Crippen LogP contribution is 2.43. The molecule has 0 aliphatic carbocycles. The average molecular weight is 537 g/mol. The molecule has 2 heterocycles. The molecule has 200 valence electrons. The van der Waals surface area contributed by atoms with E-state index in [0.717, 1.165) is 21.7 Å². The fourth-order valence-corrected chi connectivity index (χ4v) is 5.32. The number of aliphatic hydroxyl groups is 1. The third kappa shape index (κ3) is 7.64. The number of aromatic nitrogens is 1. The number of amides is 1. The summed E-state index contributed by atoms with van der Waals surface area (Å²) < 4.78 is 13.0. The van der Waals surface area contributed by atoms with Crippen LogP contribution in [-0.4, -0.2) is 38.9 Å². The van der Waals surface area contributed by atoms with E-state index in [4.69, 9.17) is 14.6 Å². The number of nitrogens with one attached hydrogen (secondary N) is 1. The fourth-order valence-electron chi connectivity index (χ4n) is 4.30. The van der Waals surface area contributed by atoms with Crippen molar-refractivity contribution in [3.8, 4) is 0 Å². The van der Waals surface area contributed by atoms with Gasteiger partial charge in [-0.05, 0) is 41.8 Å². The highest BCUT2D eigenvalue weighted by atomic mass is 32.2. The predicted octanol–water partition coefficient (Wildman–Crippen LogP) is 5.35. The van der Waals surface area contributed by atoms with Crippen LogP contribution in [0.25, 0.3) is 0 Å². The SMILES string of the molecule is C[C@H]1[C@@H](CSc2ccccn2)O[C@@H](c2cccc(NC(=O)CCCC(=O)O)c2)O[C@H]1c1ccc(CO)cc1. The second-order valence-electron chi connectivity index (χ2n) is 9.22. The van der Waals surface area contributed by atoms with Crippen LogP contribution in [-0.2, 0) is 25.7 Å². The van der Waals surface area contributed by atoms with Crippen LogP contribution < -0.4 is 5.32 Å². The van der Waals surface area contributed by atoms with E-state index in [-0.39, 0.29) is 49.9 Å². The molecule has 1 saturated heterocycles. The number of nitrogens with zero attached hydrogens (tertiary/aromatic N) is 1. The van der Waals surface area contributed by atoms with Crippen molar-refractivity contribution in [3.63, 3.8) is 0 Å². The number of aliphatic carboxylic acids is 1. The average Bonchev–Trinajstić information content (AvgIpc) is 2.93. The standard InChI is InChI=1S/C29H32N2O6S/c1-19-24(18-38-26-9-2-3-15-30-26)36-29(37-28(19)21-13-11-20(17-32)12-14-21)22-6-4-7-23(16-22)31-25(33)8-5-10-27(34)35/h2-4,6-7,9,11-16,19,24,28-29,32H,5,8,10,17-18H2,1H3,(H,31,33)(H,34,35)/t19-,24+,28+,29+/m0/s1. The molecule has 0 bridgehead atoms. The molecule has 1 amide bonds. The van der Waals surface area contributed by atoms with Crippen molar-refractivity contribution in [3.05, 3.63) is 89.6 Å². The molecular formula is C29H32N2O6S. The van der Waals surface area contributed by atoms with Crippen LogP contribution in [0.2, 0.25) is 0 Å². The molecule has 1 aliphatic rings. The summed E-state index contributed by atoms with van der Waals surface area (Å²) in [5.74, 6) is -0.436. The normalized spacial score (nSPS) is 21.1. The number of carbonyl (C=O) groups excluding carboxylic acids is 1. The Labute approximate surface area is 226 Å². The summed E-state index contributed by atoms with van der Waals surface area (Å²) in [4.78, 5) is 27.4. The Bertz CT molecular complexity index is 1210. The van der Waals surface area contributed by atoms with E-state index < -0.39 is 12.3 Å². The summed E-state index contributed by atoms with van der Waals surface area (Å²) >= 11 is 1.63. The van der Waals surface area contributed by atoms with E-state index in [2.05, 4.69) is 17.2 Å². The lowest BCUT2D eigenvalue weighted by Crippen LogP contribution is -2.38. The number of pyridine rings is 1. The lowest BCUT2D eigenvalue weighted by molar-refractivity contribution is -0.268. The van der Waals surface area contributed by atoms with Gasteiger partial charge in [0.1, 0.15) is 0 Å². The van der Waals surface area contributed by atoms with Crippen LogP contribution in [0.5, 0.6) is 0 Å². The number of thioether (sulfide) groups is 1. The van der Waals surface area contributed by atoms with Crippen molar-refractivity contribution in [2.75, 3.05) is 11.1 Å². The molecule has 3 aromatic rings. The summed E-state index contributed by atoms with van der Waals surface area (Å²) in [5, 5.41) is 22.0. The minimum atomic E-state index is -0.920. The molecule has 0 spiro atoms. The lowest BCUT2D eigenvalue weighted by atomic mass is 9.91. The third-order valence-corrected chi connectivity index (χ3v) is 7.43. The fraction of sp³-hybridized carbons (Fsp3) is 0.345. The van der Waals surface area contributed by atoms with Crippen molar-refractivity contribution in [1.82, 2.24) is 4.98 Å². The second kappa shape index (κ2) is 13.5. The van der Waals surface area contributed by atoms with Gasteiger partial charge in [-0.15, -0.1) is 11.8 Å². The monoisotopic (exact) mass is 536 g/mol. The van der Waals surface area contributed by atoms with Gasteiger partial charge < -0.3 is 25.0 Å². The topological polar surface area (TPSA) is 118 Å². The zero-order chi connectivity index (χ0) is 26.9. The van der Waals surface area contributed by atoms with Gasteiger partial charge in [0.2, 0.25) is 5.91 Å². The number of carboxylic acids is 1. The Morgan fingerprint density at radius 2 is 1.82 bits per heavy atom.